The summed E-state index contributed by atoms with van der Waals surface area (Å²) in [5.41, 5.74) is 0.919. The van der Waals surface area contributed by atoms with Crippen LogP contribution in [0, 0.1) is 32.8 Å². The molecule has 24 heavy (non-hydrogen) atoms. The van der Waals surface area contributed by atoms with Crippen LogP contribution in [0.15, 0.2) is 34.8 Å². The highest BCUT2D eigenvalue weighted by Crippen LogP contribution is 2.37. The average molecular weight is 386 g/mol. The van der Waals surface area contributed by atoms with Gasteiger partial charge in [-0.3, -0.25) is 10.1 Å². The summed E-state index contributed by atoms with van der Waals surface area (Å²) in [7, 11) is 0. The van der Waals surface area contributed by atoms with E-state index in [0.717, 1.165) is 5.56 Å². The van der Waals surface area contributed by atoms with E-state index in [2.05, 4.69) is 15.9 Å². The number of halogens is 1. The second-order valence-electron chi connectivity index (χ2n) is 5.26. The van der Waals surface area contributed by atoms with Crippen molar-refractivity contribution in [3.63, 3.8) is 0 Å². The van der Waals surface area contributed by atoms with Crippen molar-refractivity contribution in [1.82, 2.24) is 0 Å². The van der Waals surface area contributed by atoms with Crippen molar-refractivity contribution in [2.24, 2.45) is 0 Å². The van der Waals surface area contributed by atoms with Crippen molar-refractivity contribution < 1.29 is 9.66 Å². The third-order valence-corrected chi connectivity index (χ3v) is 4.05. The minimum Gasteiger partial charge on any atom is -0.455 e. The van der Waals surface area contributed by atoms with Gasteiger partial charge in [0.05, 0.1) is 21.0 Å². The van der Waals surface area contributed by atoms with Crippen LogP contribution in [0.5, 0.6) is 11.5 Å². The summed E-state index contributed by atoms with van der Waals surface area (Å²) in [6, 6.07) is 11.6. The van der Waals surface area contributed by atoms with E-state index in [1.165, 1.54) is 12.1 Å². The summed E-state index contributed by atoms with van der Waals surface area (Å²) < 4.78 is 6.11. The lowest BCUT2D eigenvalue weighted by atomic mass is 9.96. The second-order valence-corrected chi connectivity index (χ2v) is 6.11. The molecule has 0 aliphatic heterocycles. The number of nitro benzene ring substituents is 1. The molecule has 0 atom stereocenters. The fourth-order valence-electron chi connectivity index (χ4n) is 2.18. The van der Waals surface area contributed by atoms with E-state index in [0.29, 0.717) is 4.47 Å². The van der Waals surface area contributed by atoms with Crippen LogP contribution in [0.4, 0.5) is 5.69 Å². The van der Waals surface area contributed by atoms with Crippen molar-refractivity contribution in [2.45, 2.75) is 19.8 Å². The Morgan fingerprint density at radius 1 is 1.21 bits per heavy atom. The van der Waals surface area contributed by atoms with Gasteiger partial charge in [0, 0.05) is 0 Å². The Morgan fingerprint density at radius 2 is 1.92 bits per heavy atom. The van der Waals surface area contributed by atoms with Crippen molar-refractivity contribution in [3.8, 4) is 23.6 Å². The predicted molar refractivity (Wildman–Crippen MR) is 90.8 cm³/mol. The van der Waals surface area contributed by atoms with Crippen LogP contribution < -0.4 is 4.74 Å². The van der Waals surface area contributed by atoms with Crippen molar-refractivity contribution in [1.29, 1.82) is 10.5 Å². The molecule has 0 aromatic heterocycles. The number of nitro groups is 1. The quantitative estimate of drug-likeness (QED) is 0.543. The second kappa shape index (κ2) is 7.12. The topological polar surface area (TPSA) is 100.0 Å². The summed E-state index contributed by atoms with van der Waals surface area (Å²) in [6.07, 6.45) is 0. The molecule has 7 heteroatoms. The largest absolute Gasteiger partial charge is 0.455 e. The molecule has 2 rings (SSSR count). The van der Waals surface area contributed by atoms with E-state index in [-0.39, 0.29) is 34.2 Å². The Balaban J connectivity index is 2.61. The molecule has 0 bridgehead atoms. The number of hydrogen-bond donors (Lipinski definition) is 0. The van der Waals surface area contributed by atoms with Gasteiger partial charge in [-0.2, -0.15) is 10.5 Å². The first-order valence-electron chi connectivity index (χ1n) is 6.98. The Hall–Kier alpha value is -2.90. The molecule has 0 aliphatic rings. The maximum Gasteiger partial charge on any atom is 0.287 e. The molecule has 0 aliphatic carbocycles. The van der Waals surface area contributed by atoms with Crippen LogP contribution in [0.3, 0.4) is 0 Å². The highest BCUT2D eigenvalue weighted by molar-refractivity contribution is 9.10. The Morgan fingerprint density at radius 3 is 2.46 bits per heavy atom. The van der Waals surface area contributed by atoms with Crippen molar-refractivity contribution >= 4 is 21.6 Å². The SMILES string of the molecule is CC(C)c1ccc(C#N)c(C#N)c1Oc1ccc(Br)c([N+](=O)[O-])c1. The van der Waals surface area contributed by atoms with Crippen LogP contribution in [-0.2, 0) is 0 Å². The maximum absolute atomic E-state index is 11.0. The number of hydrogen-bond acceptors (Lipinski definition) is 5. The van der Waals surface area contributed by atoms with Crippen molar-refractivity contribution in [3.05, 3.63) is 61.6 Å². The van der Waals surface area contributed by atoms with Gasteiger partial charge in [-0.15, -0.1) is 0 Å². The standard InChI is InChI=1S/C17H12BrN3O3/c1-10(2)13-5-3-11(8-19)14(9-20)17(13)24-12-4-6-15(18)16(7-12)21(22)23/h3-7,10H,1-2H3. The lowest BCUT2D eigenvalue weighted by molar-refractivity contribution is -0.385. The molecule has 120 valence electrons. The molecular weight excluding hydrogens is 374 g/mol. The third-order valence-electron chi connectivity index (χ3n) is 3.38. The summed E-state index contributed by atoms with van der Waals surface area (Å²) >= 11 is 3.11. The van der Waals surface area contributed by atoms with Gasteiger partial charge in [-0.05, 0) is 45.6 Å². The Kier molecular flexibility index (Phi) is 5.18. The van der Waals surface area contributed by atoms with Crippen LogP contribution >= 0.6 is 15.9 Å². The van der Waals surface area contributed by atoms with Gasteiger partial charge >= 0.3 is 0 Å². The van der Waals surface area contributed by atoms with E-state index >= 15 is 0 Å². The maximum atomic E-state index is 11.0. The zero-order chi connectivity index (χ0) is 17.9. The van der Waals surface area contributed by atoms with Gasteiger partial charge < -0.3 is 4.74 Å². The monoisotopic (exact) mass is 385 g/mol. The zero-order valence-corrected chi connectivity index (χ0v) is 14.5. The van der Waals surface area contributed by atoms with Crippen LogP contribution in [-0.4, -0.2) is 4.92 Å². The van der Waals surface area contributed by atoms with Crippen LogP contribution in [0.25, 0.3) is 0 Å². The molecular formula is C17H12BrN3O3. The summed E-state index contributed by atoms with van der Waals surface area (Å²) in [5, 5.41) is 29.6. The summed E-state index contributed by atoms with van der Waals surface area (Å²) in [5.74, 6) is 0.520. The molecule has 0 fully saturated rings. The van der Waals surface area contributed by atoms with E-state index in [4.69, 9.17) is 4.74 Å². The van der Waals surface area contributed by atoms with Gasteiger partial charge in [0.15, 0.2) is 0 Å². The molecule has 0 radical (unpaired) electrons. The highest BCUT2D eigenvalue weighted by atomic mass is 79.9. The first-order valence-corrected chi connectivity index (χ1v) is 7.77. The summed E-state index contributed by atoms with van der Waals surface area (Å²) in [6.45, 7) is 3.86. The number of rotatable bonds is 4. The van der Waals surface area contributed by atoms with E-state index in [1.807, 2.05) is 26.0 Å². The van der Waals surface area contributed by atoms with Crippen LogP contribution in [0.2, 0.25) is 0 Å². The number of ether oxygens (including phenoxy) is 1. The van der Waals surface area contributed by atoms with E-state index < -0.39 is 4.92 Å². The van der Waals surface area contributed by atoms with Gasteiger partial charge in [-0.25, -0.2) is 0 Å². The smallest absolute Gasteiger partial charge is 0.287 e. The molecule has 6 nitrogen and oxygen atoms in total. The third kappa shape index (κ3) is 3.37. The lowest BCUT2D eigenvalue weighted by Crippen LogP contribution is -2.00. The minimum absolute atomic E-state index is 0.0466. The Labute approximate surface area is 147 Å². The number of nitrogens with zero attached hydrogens (tertiary/aromatic N) is 3. The van der Waals surface area contributed by atoms with Crippen molar-refractivity contribution in [2.75, 3.05) is 0 Å². The van der Waals surface area contributed by atoms with Gasteiger partial charge in [-0.1, -0.05) is 19.9 Å². The molecule has 0 saturated heterocycles. The zero-order valence-electron chi connectivity index (χ0n) is 12.9. The van der Waals surface area contributed by atoms with Gasteiger partial charge in [0.25, 0.3) is 5.69 Å². The predicted octanol–water partition coefficient (Wildman–Crippen LogP) is 5.02. The summed E-state index contributed by atoms with van der Waals surface area (Å²) in [4.78, 5) is 10.5. The normalized spacial score (nSPS) is 10.1. The lowest BCUT2D eigenvalue weighted by Gasteiger charge is -2.16. The number of benzene rings is 2. The van der Waals surface area contributed by atoms with E-state index in [9.17, 15) is 20.6 Å². The molecule has 0 saturated carbocycles. The highest BCUT2D eigenvalue weighted by Gasteiger charge is 2.19. The van der Waals surface area contributed by atoms with E-state index in [1.54, 1.807) is 18.2 Å². The fourth-order valence-corrected chi connectivity index (χ4v) is 2.57. The molecule has 0 amide bonds. The average Bonchev–Trinajstić information content (AvgIpc) is 2.55. The molecule has 0 heterocycles. The minimum atomic E-state index is -0.531. The van der Waals surface area contributed by atoms with Gasteiger partial charge in [0.1, 0.15) is 29.2 Å². The number of nitriles is 2. The Bertz CT molecular complexity index is 895. The van der Waals surface area contributed by atoms with Crippen LogP contribution in [0.1, 0.15) is 36.5 Å². The molecule has 0 N–H and O–H groups in total. The fraction of sp³-hybridized carbons (Fsp3) is 0.176. The molecule has 2 aromatic carbocycles. The van der Waals surface area contributed by atoms with Gasteiger partial charge in [0.2, 0.25) is 0 Å². The molecule has 2 aromatic rings. The molecule has 0 unspecified atom stereocenters. The first-order chi connectivity index (χ1) is 11.4. The molecule has 0 spiro atoms. The first kappa shape index (κ1) is 17.5.